The number of nitrogens with zero attached hydrogens (tertiary/aromatic N) is 3. The minimum Gasteiger partial charge on any atom is -0.355 e. The number of carbonyl (C=O) groups excluding carboxylic acids is 1. The van der Waals surface area contributed by atoms with E-state index in [9.17, 15) is 4.79 Å². The highest BCUT2D eigenvalue weighted by Crippen LogP contribution is 2.26. The number of fused-ring (bicyclic) bond motifs is 1. The monoisotopic (exact) mass is 262 g/mol. The summed E-state index contributed by atoms with van der Waals surface area (Å²) in [6.45, 7) is 0.788. The quantitative estimate of drug-likeness (QED) is 0.891. The highest BCUT2D eigenvalue weighted by molar-refractivity contribution is 8.00. The van der Waals surface area contributed by atoms with Crippen LogP contribution in [0.15, 0.2) is 29.6 Å². The SMILES string of the molecule is O=C1NCCCCC1Sc1nnc2ccccn12. The average Bonchev–Trinajstić information content (AvgIpc) is 2.69. The molecule has 1 atom stereocenters. The Morgan fingerprint density at radius 2 is 2.28 bits per heavy atom. The average molecular weight is 262 g/mol. The van der Waals surface area contributed by atoms with Gasteiger partial charge in [-0.15, -0.1) is 10.2 Å². The first kappa shape index (κ1) is 11.5. The molecule has 5 nitrogen and oxygen atoms in total. The van der Waals surface area contributed by atoms with Crippen LogP contribution in [0.25, 0.3) is 5.65 Å². The summed E-state index contributed by atoms with van der Waals surface area (Å²) in [6, 6.07) is 5.77. The fourth-order valence-corrected chi connectivity index (χ4v) is 3.14. The van der Waals surface area contributed by atoms with Crippen molar-refractivity contribution in [2.24, 2.45) is 0 Å². The van der Waals surface area contributed by atoms with E-state index in [1.54, 1.807) is 0 Å². The number of carbonyl (C=O) groups is 1. The summed E-state index contributed by atoms with van der Waals surface area (Å²) in [5.74, 6) is 0.116. The van der Waals surface area contributed by atoms with E-state index in [0.29, 0.717) is 0 Å². The van der Waals surface area contributed by atoms with Crippen molar-refractivity contribution < 1.29 is 4.79 Å². The Morgan fingerprint density at radius 3 is 3.22 bits per heavy atom. The number of rotatable bonds is 2. The van der Waals surface area contributed by atoms with Gasteiger partial charge >= 0.3 is 0 Å². The van der Waals surface area contributed by atoms with Crippen LogP contribution in [-0.2, 0) is 4.79 Å². The standard InChI is InChI=1S/C12H14N4OS/c17-11-9(5-1-3-7-13-11)18-12-15-14-10-6-2-4-8-16(10)12/h2,4,6,8-9H,1,3,5,7H2,(H,13,17). The van der Waals surface area contributed by atoms with Gasteiger partial charge in [-0.3, -0.25) is 9.20 Å². The number of nitrogens with one attached hydrogen (secondary N) is 1. The summed E-state index contributed by atoms with van der Waals surface area (Å²) >= 11 is 1.50. The molecule has 0 radical (unpaired) electrons. The number of hydrogen-bond acceptors (Lipinski definition) is 4. The van der Waals surface area contributed by atoms with Crippen molar-refractivity contribution in [3.8, 4) is 0 Å². The first-order valence-corrected chi connectivity index (χ1v) is 6.97. The Morgan fingerprint density at radius 1 is 1.33 bits per heavy atom. The molecule has 1 N–H and O–H groups in total. The number of thioether (sulfide) groups is 1. The second-order valence-electron chi connectivity index (χ2n) is 4.30. The normalized spacial score (nSPS) is 20.7. The first-order valence-electron chi connectivity index (χ1n) is 6.09. The molecule has 18 heavy (non-hydrogen) atoms. The molecule has 2 aromatic rings. The second kappa shape index (κ2) is 4.97. The number of amides is 1. The van der Waals surface area contributed by atoms with Gasteiger partial charge in [-0.2, -0.15) is 0 Å². The van der Waals surface area contributed by atoms with Crippen molar-refractivity contribution in [3.05, 3.63) is 24.4 Å². The molecule has 3 rings (SSSR count). The maximum atomic E-state index is 11.9. The molecule has 6 heteroatoms. The van der Waals surface area contributed by atoms with Crippen molar-refractivity contribution in [1.82, 2.24) is 19.9 Å². The zero-order chi connectivity index (χ0) is 12.4. The van der Waals surface area contributed by atoms with Crippen LogP contribution in [0.1, 0.15) is 19.3 Å². The summed E-state index contributed by atoms with van der Waals surface area (Å²) in [6.07, 6.45) is 4.96. The summed E-state index contributed by atoms with van der Waals surface area (Å²) in [5, 5.41) is 11.9. The van der Waals surface area contributed by atoms with Crippen LogP contribution >= 0.6 is 11.8 Å². The molecule has 0 aliphatic carbocycles. The molecule has 1 aliphatic rings. The molecule has 1 amide bonds. The molecule has 0 bridgehead atoms. The number of hydrogen-bond donors (Lipinski definition) is 1. The van der Waals surface area contributed by atoms with Crippen molar-refractivity contribution in [3.63, 3.8) is 0 Å². The predicted octanol–water partition coefficient (Wildman–Crippen LogP) is 1.49. The molecule has 3 heterocycles. The highest BCUT2D eigenvalue weighted by atomic mass is 32.2. The van der Waals surface area contributed by atoms with Gasteiger partial charge in [0.25, 0.3) is 0 Å². The van der Waals surface area contributed by atoms with Crippen molar-refractivity contribution >= 4 is 23.3 Å². The maximum Gasteiger partial charge on any atom is 0.233 e. The van der Waals surface area contributed by atoms with Crippen LogP contribution in [0, 0.1) is 0 Å². The molecule has 0 spiro atoms. The van der Waals surface area contributed by atoms with E-state index in [1.807, 2.05) is 28.8 Å². The van der Waals surface area contributed by atoms with Crippen molar-refractivity contribution in [1.29, 1.82) is 0 Å². The number of aromatic nitrogens is 3. The van der Waals surface area contributed by atoms with Crippen LogP contribution in [0.2, 0.25) is 0 Å². The Hall–Kier alpha value is -1.56. The molecule has 1 unspecified atom stereocenters. The predicted molar refractivity (Wildman–Crippen MR) is 69.5 cm³/mol. The molecule has 94 valence electrons. The van der Waals surface area contributed by atoms with E-state index in [4.69, 9.17) is 0 Å². The molecule has 0 aromatic carbocycles. The lowest BCUT2D eigenvalue weighted by Gasteiger charge is -2.10. The second-order valence-corrected chi connectivity index (χ2v) is 5.47. The lowest BCUT2D eigenvalue weighted by Crippen LogP contribution is -2.30. The summed E-state index contributed by atoms with van der Waals surface area (Å²) < 4.78 is 1.92. The van der Waals surface area contributed by atoms with E-state index in [0.717, 1.165) is 36.6 Å². The molecule has 1 fully saturated rings. The van der Waals surface area contributed by atoms with Crippen LogP contribution in [-0.4, -0.2) is 32.3 Å². The fourth-order valence-electron chi connectivity index (χ4n) is 2.05. The minimum absolute atomic E-state index is 0.0555. The van der Waals surface area contributed by atoms with Crippen molar-refractivity contribution in [2.45, 2.75) is 29.7 Å². The van der Waals surface area contributed by atoms with Crippen LogP contribution in [0.5, 0.6) is 0 Å². The molecular formula is C12H14N4OS. The van der Waals surface area contributed by atoms with Crippen molar-refractivity contribution in [2.75, 3.05) is 6.54 Å². The van der Waals surface area contributed by atoms with Gasteiger partial charge in [0.15, 0.2) is 10.8 Å². The number of pyridine rings is 1. The summed E-state index contributed by atoms with van der Waals surface area (Å²) in [4.78, 5) is 11.9. The smallest absolute Gasteiger partial charge is 0.233 e. The molecular weight excluding hydrogens is 248 g/mol. The maximum absolute atomic E-state index is 11.9. The Labute approximate surface area is 109 Å². The van der Waals surface area contributed by atoms with E-state index in [-0.39, 0.29) is 11.2 Å². The zero-order valence-electron chi connectivity index (χ0n) is 9.87. The Kier molecular flexibility index (Phi) is 3.19. The first-order chi connectivity index (χ1) is 8.84. The topological polar surface area (TPSA) is 59.3 Å². The largest absolute Gasteiger partial charge is 0.355 e. The van der Waals surface area contributed by atoms with E-state index in [1.165, 1.54) is 11.8 Å². The van der Waals surface area contributed by atoms with E-state index >= 15 is 0 Å². The molecule has 1 aliphatic heterocycles. The van der Waals surface area contributed by atoms with E-state index < -0.39 is 0 Å². The Balaban J connectivity index is 1.85. The van der Waals surface area contributed by atoms with Crippen LogP contribution in [0.3, 0.4) is 0 Å². The fraction of sp³-hybridized carbons (Fsp3) is 0.417. The van der Waals surface area contributed by atoms with Gasteiger partial charge in [0, 0.05) is 12.7 Å². The van der Waals surface area contributed by atoms with Gasteiger partial charge < -0.3 is 5.32 Å². The molecule has 2 aromatic heterocycles. The molecule has 1 saturated heterocycles. The van der Waals surface area contributed by atoms with Gasteiger partial charge in [-0.05, 0) is 25.0 Å². The van der Waals surface area contributed by atoms with Gasteiger partial charge in [-0.25, -0.2) is 0 Å². The lowest BCUT2D eigenvalue weighted by atomic mass is 10.2. The third kappa shape index (κ3) is 2.20. The lowest BCUT2D eigenvalue weighted by molar-refractivity contribution is -0.120. The van der Waals surface area contributed by atoms with Crippen LogP contribution in [0.4, 0.5) is 0 Å². The molecule has 0 saturated carbocycles. The summed E-state index contributed by atoms with van der Waals surface area (Å²) in [7, 11) is 0. The highest BCUT2D eigenvalue weighted by Gasteiger charge is 2.23. The van der Waals surface area contributed by atoms with Gasteiger partial charge in [0.1, 0.15) is 0 Å². The van der Waals surface area contributed by atoms with E-state index in [2.05, 4.69) is 15.5 Å². The van der Waals surface area contributed by atoms with Gasteiger partial charge in [-0.1, -0.05) is 24.2 Å². The third-order valence-electron chi connectivity index (χ3n) is 3.01. The van der Waals surface area contributed by atoms with Gasteiger partial charge in [0.05, 0.1) is 5.25 Å². The minimum atomic E-state index is -0.0555. The third-order valence-corrected chi connectivity index (χ3v) is 4.24. The summed E-state index contributed by atoms with van der Waals surface area (Å²) in [5.41, 5.74) is 0.814. The van der Waals surface area contributed by atoms with Gasteiger partial charge in [0.2, 0.25) is 5.91 Å². The van der Waals surface area contributed by atoms with Crippen LogP contribution < -0.4 is 5.32 Å². The Bertz CT molecular complexity index is 568. The zero-order valence-corrected chi connectivity index (χ0v) is 10.7.